The lowest BCUT2D eigenvalue weighted by atomic mass is 10.0. The first-order valence-electron chi connectivity index (χ1n) is 6.85. The number of carbonyl (C=O) groups is 1. The molecule has 22 heavy (non-hydrogen) atoms. The molecule has 0 aliphatic rings. The molecule has 0 aliphatic carbocycles. The van der Waals surface area contributed by atoms with E-state index in [4.69, 9.17) is 11.6 Å². The molecular formula is C19H13ClOS. The third-order valence-electron chi connectivity index (χ3n) is 3.20. The lowest BCUT2D eigenvalue weighted by Gasteiger charge is -2.04. The van der Waals surface area contributed by atoms with Crippen molar-refractivity contribution < 1.29 is 4.79 Å². The predicted octanol–water partition coefficient (Wildman–Crippen LogP) is 5.72. The molecule has 108 valence electrons. The number of benzene rings is 3. The van der Waals surface area contributed by atoms with Crippen molar-refractivity contribution in [3.63, 3.8) is 0 Å². The maximum atomic E-state index is 12.3. The maximum absolute atomic E-state index is 12.3. The molecule has 0 N–H and O–H groups in total. The van der Waals surface area contributed by atoms with Gasteiger partial charge < -0.3 is 0 Å². The monoisotopic (exact) mass is 324 g/mol. The van der Waals surface area contributed by atoms with Crippen molar-refractivity contribution in [2.75, 3.05) is 0 Å². The first-order chi connectivity index (χ1) is 10.7. The van der Waals surface area contributed by atoms with Gasteiger partial charge in [-0.15, -0.1) is 0 Å². The lowest BCUT2D eigenvalue weighted by molar-refractivity contribution is 0.103. The van der Waals surface area contributed by atoms with Crippen molar-refractivity contribution >= 4 is 29.1 Å². The minimum Gasteiger partial charge on any atom is -0.289 e. The summed E-state index contributed by atoms with van der Waals surface area (Å²) in [5.74, 6) is 0.0450. The molecular weight excluding hydrogens is 312 g/mol. The Morgan fingerprint density at radius 1 is 0.682 bits per heavy atom. The fourth-order valence-corrected chi connectivity index (χ4v) is 3.01. The van der Waals surface area contributed by atoms with E-state index in [1.165, 1.54) is 0 Å². The maximum Gasteiger partial charge on any atom is 0.193 e. The Balaban J connectivity index is 1.75. The van der Waals surface area contributed by atoms with Gasteiger partial charge >= 0.3 is 0 Å². The highest BCUT2D eigenvalue weighted by atomic mass is 35.5. The average Bonchev–Trinajstić information content (AvgIpc) is 2.58. The number of rotatable bonds is 4. The largest absolute Gasteiger partial charge is 0.289 e. The van der Waals surface area contributed by atoms with Crippen LogP contribution in [0.5, 0.6) is 0 Å². The summed E-state index contributed by atoms with van der Waals surface area (Å²) in [6.45, 7) is 0. The zero-order chi connectivity index (χ0) is 15.4. The summed E-state index contributed by atoms with van der Waals surface area (Å²) in [6.07, 6.45) is 0. The Hall–Kier alpha value is -2.03. The number of hydrogen-bond donors (Lipinski definition) is 0. The molecule has 0 amide bonds. The smallest absolute Gasteiger partial charge is 0.193 e. The van der Waals surface area contributed by atoms with Crippen molar-refractivity contribution in [2.24, 2.45) is 0 Å². The summed E-state index contributed by atoms with van der Waals surface area (Å²) in [4.78, 5) is 14.5. The molecule has 0 bridgehead atoms. The van der Waals surface area contributed by atoms with E-state index in [1.54, 1.807) is 11.8 Å². The summed E-state index contributed by atoms with van der Waals surface area (Å²) in [5.41, 5.74) is 1.41. The van der Waals surface area contributed by atoms with Crippen molar-refractivity contribution in [1.82, 2.24) is 0 Å². The second-order valence-electron chi connectivity index (χ2n) is 4.78. The second kappa shape index (κ2) is 6.82. The summed E-state index contributed by atoms with van der Waals surface area (Å²) >= 11 is 7.52. The third-order valence-corrected chi connectivity index (χ3v) is 4.47. The molecule has 3 heteroatoms. The summed E-state index contributed by atoms with van der Waals surface area (Å²) < 4.78 is 0. The van der Waals surface area contributed by atoms with Crippen molar-refractivity contribution in [3.05, 3.63) is 95.0 Å². The van der Waals surface area contributed by atoms with Crippen molar-refractivity contribution in [2.45, 2.75) is 9.79 Å². The molecule has 0 heterocycles. The standard InChI is InChI=1S/C19H13ClOS/c20-16-8-12-18(13-9-16)22-17-10-6-15(7-11-17)19(21)14-4-2-1-3-5-14/h1-13H. The van der Waals surface area contributed by atoms with E-state index in [0.717, 1.165) is 14.8 Å². The molecule has 3 rings (SSSR count). The number of halogens is 1. The Kier molecular flexibility index (Phi) is 4.62. The minimum atomic E-state index is 0.0450. The van der Waals surface area contributed by atoms with E-state index in [-0.39, 0.29) is 5.78 Å². The molecule has 3 aromatic rings. The molecule has 0 radical (unpaired) electrons. The van der Waals surface area contributed by atoms with Gasteiger partial charge in [-0.2, -0.15) is 0 Å². The van der Waals surface area contributed by atoms with Crippen molar-refractivity contribution in [1.29, 1.82) is 0 Å². The number of hydrogen-bond acceptors (Lipinski definition) is 2. The van der Waals surface area contributed by atoms with Crippen LogP contribution in [0.4, 0.5) is 0 Å². The van der Waals surface area contributed by atoms with Crippen molar-refractivity contribution in [3.8, 4) is 0 Å². The molecule has 0 unspecified atom stereocenters. The molecule has 0 saturated carbocycles. The molecule has 0 atom stereocenters. The van der Waals surface area contributed by atoms with E-state index >= 15 is 0 Å². The highest BCUT2D eigenvalue weighted by Gasteiger charge is 2.08. The Labute approximate surface area is 138 Å². The average molecular weight is 325 g/mol. The van der Waals surface area contributed by atoms with Crippen LogP contribution in [0.3, 0.4) is 0 Å². The molecule has 0 spiro atoms. The predicted molar refractivity (Wildman–Crippen MR) is 91.9 cm³/mol. The van der Waals surface area contributed by atoms with E-state index in [1.807, 2.05) is 78.9 Å². The fraction of sp³-hybridized carbons (Fsp3) is 0. The topological polar surface area (TPSA) is 17.1 Å². The van der Waals surface area contributed by atoms with Crippen LogP contribution in [-0.4, -0.2) is 5.78 Å². The normalized spacial score (nSPS) is 10.4. The van der Waals surface area contributed by atoms with Crippen LogP contribution in [0.1, 0.15) is 15.9 Å². The first kappa shape index (κ1) is 14.9. The van der Waals surface area contributed by atoms with Crippen LogP contribution in [0.25, 0.3) is 0 Å². The number of ketones is 1. The fourth-order valence-electron chi connectivity index (χ4n) is 2.07. The van der Waals surface area contributed by atoms with E-state index in [0.29, 0.717) is 11.1 Å². The number of carbonyl (C=O) groups excluding carboxylic acids is 1. The highest BCUT2D eigenvalue weighted by Crippen LogP contribution is 2.28. The van der Waals surface area contributed by atoms with Crippen LogP contribution in [-0.2, 0) is 0 Å². The van der Waals surface area contributed by atoms with Crippen LogP contribution in [0, 0.1) is 0 Å². The molecule has 1 nitrogen and oxygen atoms in total. The molecule has 3 aromatic carbocycles. The van der Waals surface area contributed by atoms with E-state index in [9.17, 15) is 4.79 Å². The quantitative estimate of drug-likeness (QED) is 0.571. The van der Waals surface area contributed by atoms with Gasteiger partial charge in [-0.25, -0.2) is 0 Å². The van der Waals surface area contributed by atoms with Crippen LogP contribution >= 0.6 is 23.4 Å². The van der Waals surface area contributed by atoms with E-state index < -0.39 is 0 Å². The lowest BCUT2D eigenvalue weighted by Crippen LogP contribution is -2.00. The molecule has 0 saturated heterocycles. The van der Waals surface area contributed by atoms with Gasteiger partial charge in [0.05, 0.1) is 0 Å². The summed E-state index contributed by atoms with van der Waals surface area (Å²) in [5, 5.41) is 0.730. The summed E-state index contributed by atoms with van der Waals surface area (Å²) in [6, 6.07) is 24.7. The highest BCUT2D eigenvalue weighted by molar-refractivity contribution is 7.99. The SMILES string of the molecule is O=C(c1ccccc1)c1ccc(Sc2ccc(Cl)cc2)cc1. The second-order valence-corrected chi connectivity index (χ2v) is 6.36. The third kappa shape index (κ3) is 3.59. The zero-order valence-corrected chi connectivity index (χ0v) is 13.3. The first-order valence-corrected chi connectivity index (χ1v) is 8.05. The zero-order valence-electron chi connectivity index (χ0n) is 11.7. The molecule has 0 aliphatic heterocycles. The minimum absolute atomic E-state index is 0.0450. The van der Waals surface area contributed by atoms with Gasteiger partial charge in [0.25, 0.3) is 0 Å². The Bertz CT molecular complexity index is 765. The molecule has 0 aromatic heterocycles. The van der Waals surface area contributed by atoms with Gasteiger partial charge in [-0.05, 0) is 48.5 Å². The van der Waals surface area contributed by atoms with Gasteiger partial charge in [-0.1, -0.05) is 53.7 Å². The summed E-state index contributed by atoms with van der Waals surface area (Å²) in [7, 11) is 0. The van der Waals surface area contributed by atoms with Crippen LogP contribution < -0.4 is 0 Å². The Morgan fingerprint density at radius 2 is 1.18 bits per heavy atom. The molecule has 0 fully saturated rings. The van der Waals surface area contributed by atoms with Gasteiger partial charge in [0.15, 0.2) is 5.78 Å². The van der Waals surface area contributed by atoms with Gasteiger partial charge in [0.2, 0.25) is 0 Å². The van der Waals surface area contributed by atoms with Crippen LogP contribution in [0.15, 0.2) is 88.7 Å². The van der Waals surface area contributed by atoms with Gasteiger partial charge in [0.1, 0.15) is 0 Å². The van der Waals surface area contributed by atoms with Crippen LogP contribution in [0.2, 0.25) is 5.02 Å². The van der Waals surface area contributed by atoms with E-state index in [2.05, 4.69) is 0 Å². The Morgan fingerprint density at radius 3 is 1.77 bits per heavy atom. The van der Waals surface area contributed by atoms with Gasteiger partial charge in [0, 0.05) is 25.9 Å². The van der Waals surface area contributed by atoms with Gasteiger partial charge in [-0.3, -0.25) is 4.79 Å².